The average molecular weight is 417 g/mol. The molecule has 1 heterocycles. The standard InChI is InChI=1S/C22H25ClN2O2S/c1-15-5-6-16(2)17(13-15)14-28-21-24-11-12-25(21)20(26)22(3,4)27-19-9-7-18(23)8-10-19/h5-10,13H,11-12,14H2,1-4H3. The van der Waals surface area contributed by atoms with Crippen LogP contribution in [0.1, 0.15) is 30.5 Å². The molecule has 28 heavy (non-hydrogen) atoms. The van der Waals surface area contributed by atoms with Crippen molar-refractivity contribution in [3.63, 3.8) is 0 Å². The van der Waals surface area contributed by atoms with Gasteiger partial charge in [0.2, 0.25) is 0 Å². The fourth-order valence-electron chi connectivity index (χ4n) is 3.00. The van der Waals surface area contributed by atoms with Crippen LogP contribution in [0.25, 0.3) is 0 Å². The van der Waals surface area contributed by atoms with Gasteiger partial charge in [-0.2, -0.15) is 0 Å². The predicted octanol–water partition coefficient (Wildman–Crippen LogP) is 5.25. The summed E-state index contributed by atoms with van der Waals surface area (Å²) >= 11 is 7.53. The Hall–Kier alpha value is -1.98. The molecule has 148 valence electrons. The summed E-state index contributed by atoms with van der Waals surface area (Å²) < 4.78 is 5.96. The van der Waals surface area contributed by atoms with Crippen LogP contribution in [0.5, 0.6) is 5.75 Å². The number of hydrogen-bond donors (Lipinski definition) is 0. The number of aliphatic imine (C=N–C) groups is 1. The van der Waals surface area contributed by atoms with E-state index in [2.05, 4.69) is 37.0 Å². The number of benzene rings is 2. The Morgan fingerprint density at radius 3 is 2.64 bits per heavy atom. The van der Waals surface area contributed by atoms with Gasteiger partial charge in [0.15, 0.2) is 10.8 Å². The van der Waals surface area contributed by atoms with Gasteiger partial charge in [0.1, 0.15) is 5.75 Å². The van der Waals surface area contributed by atoms with Crippen LogP contribution >= 0.6 is 23.4 Å². The summed E-state index contributed by atoms with van der Waals surface area (Å²) in [4.78, 5) is 19.5. The monoisotopic (exact) mass is 416 g/mol. The van der Waals surface area contributed by atoms with Gasteiger partial charge in [-0.15, -0.1) is 0 Å². The molecule has 2 aromatic carbocycles. The zero-order valence-electron chi connectivity index (χ0n) is 16.7. The van der Waals surface area contributed by atoms with Crippen molar-refractivity contribution in [2.45, 2.75) is 39.0 Å². The summed E-state index contributed by atoms with van der Waals surface area (Å²) in [6, 6.07) is 13.5. The Balaban J connectivity index is 1.67. The first kappa shape index (κ1) is 20.7. The van der Waals surface area contributed by atoms with Gasteiger partial charge in [-0.3, -0.25) is 14.7 Å². The molecule has 0 aromatic heterocycles. The molecule has 0 atom stereocenters. The van der Waals surface area contributed by atoms with Crippen molar-refractivity contribution in [2.24, 2.45) is 4.99 Å². The summed E-state index contributed by atoms with van der Waals surface area (Å²) in [5.41, 5.74) is 2.75. The molecule has 0 N–H and O–H groups in total. The Bertz CT molecular complexity index is 894. The van der Waals surface area contributed by atoms with E-state index in [4.69, 9.17) is 16.3 Å². The van der Waals surface area contributed by atoms with Crippen LogP contribution in [0.4, 0.5) is 0 Å². The number of amides is 1. The van der Waals surface area contributed by atoms with Crippen LogP contribution in [-0.2, 0) is 10.5 Å². The number of amidine groups is 1. The van der Waals surface area contributed by atoms with Crippen molar-refractivity contribution in [2.75, 3.05) is 13.1 Å². The molecule has 6 heteroatoms. The van der Waals surface area contributed by atoms with E-state index < -0.39 is 5.60 Å². The molecule has 0 radical (unpaired) electrons. The molecule has 0 aliphatic carbocycles. The van der Waals surface area contributed by atoms with Crippen molar-refractivity contribution in [3.8, 4) is 5.75 Å². The van der Waals surface area contributed by atoms with Crippen LogP contribution < -0.4 is 4.74 Å². The molecule has 0 unspecified atom stereocenters. The van der Waals surface area contributed by atoms with Crippen LogP contribution in [0.2, 0.25) is 5.02 Å². The van der Waals surface area contributed by atoms with Crippen LogP contribution in [-0.4, -0.2) is 34.7 Å². The van der Waals surface area contributed by atoms with Crippen molar-refractivity contribution < 1.29 is 9.53 Å². The highest BCUT2D eigenvalue weighted by atomic mass is 35.5. The molecule has 0 bridgehead atoms. The Kier molecular flexibility index (Phi) is 6.36. The molecule has 1 aliphatic rings. The third kappa shape index (κ3) is 4.89. The summed E-state index contributed by atoms with van der Waals surface area (Å²) in [6.07, 6.45) is 0. The number of ether oxygens (including phenoxy) is 1. The second-order valence-electron chi connectivity index (χ2n) is 7.41. The lowest BCUT2D eigenvalue weighted by Gasteiger charge is -2.30. The first-order valence-corrected chi connectivity index (χ1v) is 10.6. The Morgan fingerprint density at radius 2 is 1.93 bits per heavy atom. The number of carbonyl (C=O) groups excluding carboxylic acids is 1. The molecule has 0 fully saturated rings. The third-order valence-electron chi connectivity index (χ3n) is 4.61. The first-order valence-electron chi connectivity index (χ1n) is 9.26. The number of aryl methyl sites for hydroxylation is 2. The fraction of sp³-hybridized carbons (Fsp3) is 0.364. The van der Waals surface area contributed by atoms with Crippen molar-refractivity contribution in [3.05, 3.63) is 64.2 Å². The second-order valence-corrected chi connectivity index (χ2v) is 8.78. The maximum Gasteiger partial charge on any atom is 0.272 e. The van der Waals surface area contributed by atoms with Gasteiger partial charge >= 0.3 is 0 Å². The number of thioether (sulfide) groups is 1. The number of carbonyl (C=O) groups is 1. The zero-order valence-corrected chi connectivity index (χ0v) is 18.2. The highest BCUT2D eigenvalue weighted by Crippen LogP contribution is 2.27. The van der Waals surface area contributed by atoms with E-state index in [1.807, 2.05) is 0 Å². The van der Waals surface area contributed by atoms with Gasteiger partial charge in [-0.05, 0) is 63.1 Å². The Labute approximate surface area is 175 Å². The quantitative estimate of drug-likeness (QED) is 0.668. The van der Waals surface area contributed by atoms with Gasteiger partial charge in [0, 0.05) is 17.3 Å². The molecular formula is C22H25ClN2O2S. The number of hydrogen-bond acceptors (Lipinski definition) is 4. The van der Waals surface area contributed by atoms with Crippen LogP contribution in [0.3, 0.4) is 0 Å². The first-order chi connectivity index (χ1) is 13.3. The predicted molar refractivity (Wildman–Crippen MR) is 117 cm³/mol. The van der Waals surface area contributed by atoms with Crippen molar-refractivity contribution >= 4 is 34.4 Å². The maximum atomic E-state index is 13.2. The smallest absolute Gasteiger partial charge is 0.272 e. The van der Waals surface area contributed by atoms with Gasteiger partial charge in [-0.25, -0.2) is 0 Å². The van der Waals surface area contributed by atoms with Gasteiger partial charge in [0.05, 0.1) is 6.54 Å². The fourth-order valence-corrected chi connectivity index (χ4v) is 4.24. The molecule has 0 saturated carbocycles. The molecule has 0 spiro atoms. The SMILES string of the molecule is Cc1ccc(C)c(CSC2=NCCN2C(=O)C(C)(C)Oc2ccc(Cl)cc2)c1. The van der Waals surface area contributed by atoms with E-state index in [0.29, 0.717) is 23.9 Å². The lowest BCUT2D eigenvalue weighted by atomic mass is 10.1. The normalized spacial score (nSPS) is 14.2. The maximum absolute atomic E-state index is 13.2. The van der Waals surface area contributed by atoms with E-state index in [-0.39, 0.29) is 5.91 Å². The van der Waals surface area contributed by atoms with E-state index in [1.54, 1.807) is 54.8 Å². The Morgan fingerprint density at radius 1 is 1.21 bits per heavy atom. The van der Waals surface area contributed by atoms with Crippen molar-refractivity contribution in [1.29, 1.82) is 0 Å². The zero-order chi connectivity index (χ0) is 20.3. The lowest BCUT2D eigenvalue weighted by Crippen LogP contribution is -2.49. The van der Waals surface area contributed by atoms with E-state index in [1.165, 1.54) is 16.7 Å². The third-order valence-corrected chi connectivity index (χ3v) is 5.92. The minimum absolute atomic E-state index is 0.0906. The molecule has 1 aliphatic heterocycles. The highest BCUT2D eigenvalue weighted by molar-refractivity contribution is 8.13. The molecular weight excluding hydrogens is 392 g/mol. The van der Waals surface area contributed by atoms with Crippen molar-refractivity contribution in [1.82, 2.24) is 4.90 Å². The summed E-state index contributed by atoms with van der Waals surface area (Å²) in [5.74, 6) is 1.31. The molecule has 3 rings (SSSR count). The highest BCUT2D eigenvalue weighted by Gasteiger charge is 2.38. The lowest BCUT2D eigenvalue weighted by molar-refractivity contribution is -0.140. The summed E-state index contributed by atoms with van der Waals surface area (Å²) in [7, 11) is 0. The number of rotatable bonds is 5. The number of halogens is 1. The van der Waals surface area contributed by atoms with Crippen LogP contribution in [0, 0.1) is 13.8 Å². The molecule has 4 nitrogen and oxygen atoms in total. The van der Waals surface area contributed by atoms with Gasteiger partial charge in [0.25, 0.3) is 5.91 Å². The second kappa shape index (κ2) is 8.58. The van der Waals surface area contributed by atoms with E-state index in [0.717, 1.165) is 10.9 Å². The summed E-state index contributed by atoms with van der Waals surface area (Å²) in [6.45, 7) is 8.98. The van der Waals surface area contributed by atoms with Crippen LogP contribution in [0.15, 0.2) is 47.5 Å². The topological polar surface area (TPSA) is 41.9 Å². The largest absolute Gasteiger partial charge is 0.478 e. The molecule has 2 aromatic rings. The summed E-state index contributed by atoms with van der Waals surface area (Å²) in [5, 5.41) is 1.40. The molecule has 1 amide bonds. The minimum Gasteiger partial charge on any atom is -0.478 e. The van der Waals surface area contributed by atoms with E-state index in [9.17, 15) is 4.79 Å². The van der Waals surface area contributed by atoms with E-state index >= 15 is 0 Å². The minimum atomic E-state index is -1.00. The average Bonchev–Trinajstić information content (AvgIpc) is 3.12. The van der Waals surface area contributed by atoms with Gasteiger partial charge in [-0.1, -0.05) is 47.1 Å². The van der Waals surface area contributed by atoms with Gasteiger partial charge < -0.3 is 4.74 Å². The molecule has 0 saturated heterocycles. The number of nitrogens with zero attached hydrogens (tertiary/aromatic N) is 2.